The molecule has 2 aromatic rings. The van der Waals surface area contributed by atoms with E-state index in [4.69, 9.17) is 5.11 Å². The van der Waals surface area contributed by atoms with Crippen molar-refractivity contribution >= 4 is 21.4 Å². The summed E-state index contributed by atoms with van der Waals surface area (Å²) in [5.41, 5.74) is 1.44. The molecule has 0 amide bonds. The van der Waals surface area contributed by atoms with Crippen molar-refractivity contribution in [1.29, 1.82) is 0 Å². The number of rotatable bonds is 5. The van der Waals surface area contributed by atoms with Crippen LogP contribution >= 0.6 is 11.3 Å². The van der Waals surface area contributed by atoms with E-state index in [0.717, 1.165) is 16.9 Å². The van der Waals surface area contributed by atoms with Gasteiger partial charge in [0.2, 0.25) is 0 Å². The van der Waals surface area contributed by atoms with Gasteiger partial charge in [-0.15, -0.1) is 11.3 Å². The Labute approximate surface area is 116 Å². The highest BCUT2D eigenvalue weighted by Gasteiger charge is 2.23. The summed E-state index contributed by atoms with van der Waals surface area (Å²) in [6.07, 6.45) is 3.42. The van der Waals surface area contributed by atoms with Gasteiger partial charge in [0.15, 0.2) is 0 Å². The average Bonchev–Trinajstić information content (AvgIpc) is 2.98. The maximum Gasteiger partial charge on any atom is 0.252 e. The lowest BCUT2D eigenvalue weighted by molar-refractivity contribution is 0.282. The lowest BCUT2D eigenvalue weighted by Crippen LogP contribution is -2.25. The Kier molecular flexibility index (Phi) is 4.04. The van der Waals surface area contributed by atoms with E-state index in [9.17, 15) is 8.42 Å². The van der Waals surface area contributed by atoms with Gasteiger partial charge in [-0.25, -0.2) is 8.42 Å². The highest BCUT2D eigenvalue weighted by molar-refractivity contribution is 7.91. The van der Waals surface area contributed by atoms with Gasteiger partial charge >= 0.3 is 0 Å². The van der Waals surface area contributed by atoms with Crippen LogP contribution in [0.25, 0.3) is 0 Å². The minimum atomic E-state index is -3.51. The van der Waals surface area contributed by atoms with Crippen LogP contribution < -0.4 is 0 Å². The van der Waals surface area contributed by atoms with Crippen LogP contribution in [0.5, 0.6) is 0 Å². The van der Waals surface area contributed by atoms with Crippen LogP contribution in [0, 0.1) is 0 Å². The van der Waals surface area contributed by atoms with Crippen molar-refractivity contribution in [2.24, 2.45) is 7.05 Å². The molecule has 0 aromatic carbocycles. The molecule has 0 aliphatic rings. The van der Waals surface area contributed by atoms with Gasteiger partial charge in [0.25, 0.3) is 10.0 Å². The van der Waals surface area contributed by atoms with E-state index in [-0.39, 0.29) is 17.4 Å². The molecule has 0 aliphatic carbocycles. The van der Waals surface area contributed by atoms with E-state index < -0.39 is 10.0 Å². The third kappa shape index (κ3) is 3.03. The Bertz CT molecular complexity index is 660. The van der Waals surface area contributed by atoms with Crippen molar-refractivity contribution in [3.05, 3.63) is 35.0 Å². The molecular weight excluding hydrogens is 286 g/mol. The zero-order chi connectivity index (χ0) is 14.0. The van der Waals surface area contributed by atoms with Crippen LogP contribution in [-0.4, -0.2) is 34.7 Å². The average molecular weight is 301 g/mol. The number of sulfonamides is 1. The molecule has 0 unspecified atom stereocenters. The first-order chi connectivity index (χ1) is 8.93. The number of hydrogen-bond donors (Lipinski definition) is 1. The van der Waals surface area contributed by atoms with Gasteiger partial charge in [0.05, 0.1) is 12.8 Å². The topological polar surface area (TPSA) is 75.4 Å². The molecular formula is C11H15N3O3S2. The van der Waals surface area contributed by atoms with E-state index in [1.807, 2.05) is 0 Å². The standard InChI is InChI=1S/C11H15N3O3S2/c1-13-5-10(4-12-13)6-14(2)19(16,17)11-3-9(7-15)8-18-11/h3-5,8,15H,6-7H2,1-2H3. The molecule has 0 fully saturated rings. The van der Waals surface area contributed by atoms with E-state index in [1.165, 1.54) is 17.4 Å². The summed E-state index contributed by atoms with van der Waals surface area (Å²) < 4.78 is 27.7. The fraction of sp³-hybridized carbons (Fsp3) is 0.364. The third-order valence-corrected chi connectivity index (χ3v) is 5.91. The lowest BCUT2D eigenvalue weighted by atomic mass is 10.4. The van der Waals surface area contributed by atoms with Crippen LogP contribution in [0.3, 0.4) is 0 Å². The Morgan fingerprint density at radius 3 is 2.74 bits per heavy atom. The molecule has 2 heterocycles. The molecule has 2 aromatic heterocycles. The summed E-state index contributed by atoms with van der Waals surface area (Å²) in [6.45, 7) is 0.112. The fourth-order valence-corrected chi connectivity index (χ4v) is 4.19. The van der Waals surface area contributed by atoms with Gasteiger partial charge in [0.1, 0.15) is 4.21 Å². The number of aryl methyl sites for hydroxylation is 1. The van der Waals surface area contributed by atoms with Crippen LogP contribution in [0.15, 0.2) is 28.0 Å². The summed E-state index contributed by atoms with van der Waals surface area (Å²) in [5, 5.41) is 14.6. The molecule has 6 nitrogen and oxygen atoms in total. The second-order valence-corrected chi connectivity index (χ2v) is 7.40. The second kappa shape index (κ2) is 5.41. The number of hydrogen-bond acceptors (Lipinski definition) is 5. The highest BCUT2D eigenvalue weighted by Crippen LogP contribution is 2.24. The van der Waals surface area contributed by atoms with Gasteiger partial charge in [-0.3, -0.25) is 4.68 Å². The van der Waals surface area contributed by atoms with E-state index >= 15 is 0 Å². The van der Waals surface area contributed by atoms with Crippen LogP contribution in [0.1, 0.15) is 11.1 Å². The van der Waals surface area contributed by atoms with E-state index in [2.05, 4.69) is 5.10 Å². The summed E-state index contributed by atoms with van der Waals surface area (Å²) in [6, 6.07) is 1.50. The first kappa shape index (κ1) is 14.2. The number of aromatic nitrogens is 2. The van der Waals surface area contributed by atoms with Gasteiger partial charge in [-0.1, -0.05) is 0 Å². The summed E-state index contributed by atoms with van der Waals surface area (Å²) in [4.78, 5) is 0. The molecule has 19 heavy (non-hydrogen) atoms. The zero-order valence-electron chi connectivity index (χ0n) is 10.6. The number of thiophene rings is 1. The molecule has 8 heteroatoms. The molecule has 0 saturated carbocycles. The summed E-state index contributed by atoms with van der Waals surface area (Å²) in [7, 11) is -0.202. The Morgan fingerprint density at radius 2 is 2.21 bits per heavy atom. The Hall–Kier alpha value is -1.22. The van der Waals surface area contributed by atoms with Gasteiger partial charge < -0.3 is 5.11 Å². The van der Waals surface area contributed by atoms with Crippen molar-refractivity contribution in [2.45, 2.75) is 17.4 Å². The number of aliphatic hydroxyl groups is 1. The maximum atomic E-state index is 12.3. The molecule has 2 rings (SSSR count). The van der Waals surface area contributed by atoms with Gasteiger partial charge in [-0.2, -0.15) is 9.40 Å². The summed E-state index contributed by atoms with van der Waals surface area (Å²) >= 11 is 1.11. The van der Waals surface area contributed by atoms with Crippen LogP contribution in [0.4, 0.5) is 0 Å². The first-order valence-corrected chi connectivity index (χ1v) is 7.87. The molecule has 0 spiro atoms. The van der Waals surface area contributed by atoms with Gasteiger partial charge in [-0.05, 0) is 17.0 Å². The normalized spacial score (nSPS) is 12.2. The molecule has 104 valence electrons. The summed E-state index contributed by atoms with van der Waals surface area (Å²) in [5.74, 6) is 0. The number of aliphatic hydroxyl groups excluding tert-OH is 1. The van der Waals surface area contributed by atoms with E-state index in [1.54, 1.807) is 29.5 Å². The molecule has 0 radical (unpaired) electrons. The Balaban J connectivity index is 2.19. The molecule has 0 bridgehead atoms. The van der Waals surface area contributed by atoms with Crippen molar-refractivity contribution in [3.8, 4) is 0 Å². The van der Waals surface area contributed by atoms with Crippen molar-refractivity contribution in [2.75, 3.05) is 7.05 Å². The highest BCUT2D eigenvalue weighted by atomic mass is 32.2. The largest absolute Gasteiger partial charge is 0.392 e. The third-order valence-electron chi connectivity index (χ3n) is 2.64. The van der Waals surface area contributed by atoms with Crippen LogP contribution in [-0.2, 0) is 30.2 Å². The fourth-order valence-electron chi connectivity index (χ4n) is 1.62. The second-order valence-electron chi connectivity index (χ2n) is 4.22. The molecule has 0 atom stereocenters. The molecule has 0 aliphatic heterocycles. The number of nitrogens with zero attached hydrogens (tertiary/aromatic N) is 3. The van der Waals surface area contributed by atoms with Crippen molar-refractivity contribution in [3.63, 3.8) is 0 Å². The first-order valence-electron chi connectivity index (χ1n) is 5.55. The van der Waals surface area contributed by atoms with Crippen molar-refractivity contribution < 1.29 is 13.5 Å². The maximum absolute atomic E-state index is 12.3. The quantitative estimate of drug-likeness (QED) is 0.886. The lowest BCUT2D eigenvalue weighted by Gasteiger charge is -2.14. The SMILES string of the molecule is CN(Cc1cnn(C)c1)S(=O)(=O)c1cc(CO)cs1. The minimum absolute atomic E-state index is 0.154. The molecule has 1 N–H and O–H groups in total. The Morgan fingerprint density at radius 1 is 1.47 bits per heavy atom. The van der Waals surface area contributed by atoms with Crippen molar-refractivity contribution in [1.82, 2.24) is 14.1 Å². The van der Waals surface area contributed by atoms with Gasteiger partial charge in [0, 0.05) is 32.4 Å². The zero-order valence-corrected chi connectivity index (χ0v) is 12.3. The van der Waals surface area contributed by atoms with E-state index in [0.29, 0.717) is 5.56 Å². The predicted molar refractivity (Wildman–Crippen MR) is 72.1 cm³/mol. The minimum Gasteiger partial charge on any atom is -0.392 e. The monoisotopic (exact) mass is 301 g/mol. The molecule has 0 saturated heterocycles. The van der Waals surface area contributed by atoms with Crippen LogP contribution in [0.2, 0.25) is 0 Å². The predicted octanol–water partition coefficient (Wildman–Crippen LogP) is 0.795. The smallest absolute Gasteiger partial charge is 0.252 e.